The molecule has 0 aromatic heterocycles. The highest BCUT2D eigenvalue weighted by atomic mass is 19.2. The number of epoxide rings is 1. The Balaban J connectivity index is 0.000000201. The number of nitrogens with two attached hydrogens (primary N) is 1. The van der Waals surface area contributed by atoms with Crippen molar-refractivity contribution in [2.75, 3.05) is 112 Å². The summed E-state index contributed by atoms with van der Waals surface area (Å²) >= 11 is 0. The summed E-state index contributed by atoms with van der Waals surface area (Å²) in [7, 11) is 0. The Hall–Kier alpha value is -13.6. The first-order valence-corrected chi connectivity index (χ1v) is 40.9. The van der Waals surface area contributed by atoms with Gasteiger partial charge >= 0.3 is 48.5 Å². The van der Waals surface area contributed by atoms with E-state index in [4.69, 9.17) is 38.9 Å². The quantitative estimate of drug-likeness (QED) is 0.0132. The SMILES string of the molecule is CC(C)(C)OC(=O)NC[C@H]1CN(c2cc(F)c(N3C=CC(=O)CC3)c(F)c2F)C(=O)O1.CC(C)(C)OC(=O)NC[C@H]1CO1.CCC(=O)CC[C@H]1CN(c2cc(F)c(N3C=CC(=O)CC3)c(F)c2F)C(=O)O1.CCC(=O)OC(=O)CC.NC[C@H]1CN(c2cc(F)c(N3C=CC(=O)CC3)c(F)c2F)C(=O)O1.O=C1C=CN(c2c(F)cc(NC(=O)OCc3ccccc3)c(F)c2F)CC1. The van der Waals surface area contributed by atoms with Gasteiger partial charge in [-0.3, -0.25) is 53.6 Å². The van der Waals surface area contributed by atoms with E-state index in [0.717, 1.165) is 77.3 Å². The molecule has 4 atom stereocenters. The van der Waals surface area contributed by atoms with Crippen LogP contribution in [0.3, 0.4) is 0 Å². The van der Waals surface area contributed by atoms with E-state index in [1.165, 1.54) is 24.8 Å². The normalized spacial score (nSPS) is 17.8. The molecule has 708 valence electrons. The lowest BCUT2D eigenvalue weighted by atomic mass is 10.1. The van der Waals surface area contributed by atoms with Gasteiger partial charge in [0.2, 0.25) is 0 Å². The molecule has 0 bridgehead atoms. The Morgan fingerprint density at radius 3 is 1.12 bits per heavy atom. The van der Waals surface area contributed by atoms with Crippen molar-refractivity contribution in [3.63, 3.8) is 0 Å². The third-order valence-corrected chi connectivity index (χ3v) is 19.1. The van der Waals surface area contributed by atoms with Crippen molar-refractivity contribution >= 4 is 123 Å². The molecule has 8 aliphatic heterocycles. The first-order chi connectivity index (χ1) is 61.8. The third-order valence-electron chi connectivity index (χ3n) is 19.1. The second kappa shape index (κ2) is 46.6. The van der Waals surface area contributed by atoms with Crippen LogP contribution in [0, 0.1) is 69.8 Å². The van der Waals surface area contributed by atoms with Crippen LogP contribution in [-0.4, -0.2) is 185 Å². The van der Waals surface area contributed by atoms with Crippen LogP contribution in [-0.2, 0) is 78.1 Å². The molecule has 8 heterocycles. The second-order valence-electron chi connectivity index (χ2n) is 31.3. The number of carbonyl (C=O) groups is 13. The highest BCUT2D eigenvalue weighted by Crippen LogP contribution is 2.40. The summed E-state index contributed by atoms with van der Waals surface area (Å²) in [6, 6.07) is 11.6. The number of hydrogen-bond donors (Lipinski definition) is 4. The van der Waals surface area contributed by atoms with Crippen LogP contribution in [0.4, 0.5) is 127 Å². The van der Waals surface area contributed by atoms with Gasteiger partial charge in [0.1, 0.15) is 64.7 Å². The van der Waals surface area contributed by atoms with E-state index < -0.39 is 187 Å². The zero-order chi connectivity index (χ0) is 96.6. The van der Waals surface area contributed by atoms with Crippen LogP contribution in [0.25, 0.3) is 0 Å². The fourth-order valence-corrected chi connectivity index (χ4v) is 12.4. The van der Waals surface area contributed by atoms with Crippen LogP contribution in [0.2, 0.25) is 0 Å². The molecule has 4 fully saturated rings. The lowest BCUT2D eigenvalue weighted by Crippen LogP contribution is -2.38. The molecule has 0 aliphatic carbocycles. The van der Waals surface area contributed by atoms with Gasteiger partial charge in [-0.05, 0) is 77.8 Å². The fraction of sp³-hybridized carbons (Fsp3) is 0.414. The number of amides is 6. The minimum absolute atomic E-state index is 0.00445. The van der Waals surface area contributed by atoms with E-state index in [2.05, 4.69) is 15.4 Å². The standard InChI is InChI=1S/C20H22F3N3O5.C19H19F3N2O4.C19H15F3N2O3.C15H14F3N3O3.C8H15NO3.C6H10O3/c1-20(2,3)31-18(28)24-9-12-10-26(19(29)30-12)14-8-13(21)17(16(23)15(14)22)25-6-4-11(27)5-7-25;1-2-11(25)3-4-13-10-24(19(27)28-13)15-9-14(20)18(17(22)16(15)21)23-7-5-12(26)6-8-23;20-14-10-15(23-19(26)27-11-12-4-2-1-3-5-12)16(21)17(22)18(14)24-8-6-13(25)7-9-24;16-10-5-11(21-7-9(6-19)24-15(21)23)12(17)13(18)14(10)20-3-1-8(22)2-4-20;1-8(2,3)12-7(10)9-4-6-5-11-6;1-3-5(7)9-6(8)4-2/h4,6,8,12H,5,7,9-10H2,1-3H3,(H,24,28);5,7,9,13H,2-4,6,8,10H2,1H3;1-6,8,10H,7,9,11H2,(H,23,26);1,3,5,9H,2,4,6-7,19H2;6H,4-5H2,1-3H3,(H,9,10);3-4H2,1-2H3/t12-;13-;;9-;6-;/m00.00./s1. The number of alkyl carbamates (subject to hydrolysis) is 2. The summed E-state index contributed by atoms with van der Waals surface area (Å²) in [6.45, 7) is 16.3. The molecule has 0 spiro atoms. The third kappa shape index (κ3) is 29.5. The number of carbonyl (C=O) groups excluding carboxylic acids is 13. The zero-order valence-corrected chi connectivity index (χ0v) is 72.3. The molecule has 8 aliphatic rings. The van der Waals surface area contributed by atoms with Crippen molar-refractivity contribution in [1.82, 2.24) is 10.6 Å². The molecule has 0 radical (unpaired) electrons. The van der Waals surface area contributed by atoms with Gasteiger partial charge in [-0.1, -0.05) is 51.1 Å². The van der Waals surface area contributed by atoms with Crippen molar-refractivity contribution < 1.29 is 153 Å². The van der Waals surface area contributed by atoms with Gasteiger partial charge in [-0.2, -0.15) is 0 Å². The first kappa shape index (κ1) is 103. The Bertz CT molecular complexity index is 5230. The number of anilines is 8. The van der Waals surface area contributed by atoms with Gasteiger partial charge in [0, 0.05) is 140 Å². The molecule has 44 heteroatoms. The molecular formula is C87H95F12N11O21. The maximum Gasteiger partial charge on any atom is 0.414 e. The van der Waals surface area contributed by atoms with E-state index in [-0.39, 0.29) is 158 Å². The maximum absolute atomic E-state index is 14.7. The number of halogens is 12. The summed E-state index contributed by atoms with van der Waals surface area (Å²) < 4.78 is 213. The van der Waals surface area contributed by atoms with Crippen LogP contribution in [0.15, 0.2) is 104 Å². The van der Waals surface area contributed by atoms with Crippen LogP contribution < -0.4 is 56.0 Å². The number of hydrogen-bond acceptors (Lipinski definition) is 26. The number of cyclic esters (lactones) is 3. The van der Waals surface area contributed by atoms with Crippen LogP contribution >= 0.6 is 0 Å². The fourth-order valence-electron chi connectivity index (χ4n) is 12.4. The number of nitrogens with one attached hydrogen (secondary N) is 3. The van der Waals surface area contributed by atoms with Crippen molar-refractivity contribution in [3.05, 3.63) is 179 Å². The number of Topliss-reactive ketones (excluding diaryl/α,β-unsaturated/α-hetero) is 1. The van der Waals surface area contributed by atoms with Gasteiger partial charge in [0.25, 0.3) is 0 Å². The predicted octanol–water partition coefficient (Wildman–Crippen LogP) is 14.3. The number of ether oxygens (including phenoxy) is 8. The molecule has 0 saturated carbocycles. The van der Waals surface area contributed by atoms with Crippen LogP contribution in [0.1, 0.15) is 126 Å². The average molecular weight is 1860 g/mol. The van der Waals surface area contributed by atoms with Crippen molar-refractivity contribution in [1.29, 1.82) is 0 Å². The van der Waals surface area contributed by atoms with E-state index in [1.807, 2.05) is 26.1 Å². The predicted molar refractivity (Wildman–Crippen MR) is 446 cm³/mol. The van der Waals surface area contributed by atoms with Gasteiger partial charge in [0.05, 0.1) is 61.6 Å². The highest BCUT2D eigenvalue weighted by Gasteiger charge is 2.41. The summed E-state index contributed by atoms with van der Waals surface area (Å²) in [5.74, 6) is -17.4. The second-order valence-corrected chi connectivity index (χ2v) is 31.3. The average Bonchev–Trinajstić information content (AvgIpc) is 1.73. The maximum atomic E-state index is 14.7. The minimum atomic E-state index is -1.49. The van der Waals surface area contributed by atoms with Crippen LogP contribution in [0.5, 0.6) is 0 Å². The Morgan fingerprint density at radius 2 is 0.786 bits per heavy atom. The lowest BCUT2D eigenvalue weighted by molar-refractivity contribution is -0.159. The van der Waals surface area contributed by atoms with E-state index in [9.17, 15) is 115 Å². The summed E-state index contributed by atoms with van der Waals surface area (Å²) in [4.78, 5) is 154. The number of benzene rings is 5. The molecular weight excluding hydrogens is 1760 g/mol. The molecule has 0 unspecified atom stereocenters. The molecule has 5 aromatic rings. The van der Waals surface area contributed by atoms with E-state index >= 15 is 0 Å². The molecule has 4 saturated heterocycles. The van der Waals surface area contributed by atoms with Gasteiger partial charge in [-0.25, -0.2) is 81.5 Å². The Morgan fingerprint density at radius 1 is 0.443 bits per heavy atom. The van der Waals surface area contributed by atoms with E-state index in [0.29, 0.717) is 30.7 Å². The number of nitrogens with zero attached hydrogens (tertiary/aromatic N) is 7. The topological polar surface area (TPSA) is 384 Å². The molecule has 32 nitrogen and oxygen atoms in total. The van der Waals surface area contributed by atoms with E-state index in [1.54, 1.807) is 71.9 Å². The largest absolute Gasteiger partial charge is 0.444 e. The minimum Gasteiger partial charge on any atom is -0.444 e. The number of esters is 2. The summed E-state index contributed by atoms with van der Waals surface area (Å²) in [5.41, 5.74) is 0.0115. The number of ketones is 5. The highest BCUT2D eigenvalue weighted by molar-refractivity contribution is 5.96. The van der Waals surface area contributed by atoms with Gasteiger partial charge in [0.15, 0.2) is 92.9 Å². The summed E-state index contributed by atoms with van der Waals surface area (Å²) in [5, 5.41) is 7.03. The smallest absolute Gasteiger partial charge is 0.414 e. The zero-order valence-electron chi connectivity index (χ0n) is 72.3. The molecule has 6 amide bonds. The van der Waals surface area contributed by atoms with Crippen molar-refractivity contribution in [3.8, 4) is 0 Å². The number of rotatable bonds is 21. The Kier molecular flexibility index (Phi) is 36.6. The van der Waals surface area contributed by atoms with Crippen molar-refractivity contribution in [2.24, 2.45) is 5.73 Å². The van der Waals surface area contributed by atoms with Gasteiger partial charge < -0.3 is 73.9 Å². The molecule has 5 aromatic carbocycles. The monoisotopic (exact) mass is 1860 g/mol. The molecule has 131 heavy (non-hydrogen) atoms. The molecule has 13 rings (SSSR count). The van der Waals surface area contributed by atoms with Crippen molar-refractivity contribution in [2.45, 2.75) is 162 Å². The van der Waals surface area contributed by atoms with Gasteiger partial charge in [-0.15, -0.1) is 0 Å². The Labute approximate surface area is 742 Å². The summed E-state index contributed by atoms with van der Waals surface area (Å²) in [6.07, 6.45) is 3.90. The lowest BCUT2D eigenvalue weighted by Gasteiger charge is -2.25. The number of allylic oxidation sites excluding steroid dienone is 4. The molecule has 5 N–H and O–H groups in total. The first-order valence-electron chi connectivity index (χ1n) is 40.9.